The van der Waals surface area contributed by atoms with Gasteiger partial charge in [-0.25, -0.2) is 0 Å². The molecule has 0 amide bonds. The molecule has 64 valence electrons. The zero-order chi connectivity index (χ0) is 8.81. The molecular formula is C8H9NO2S. The predicted molar refractivity (Wildman–Crippen MR) is 47.8 cm³/mol. The van der Waals surface area contributed by atoms with Crippen LogP contribution < -0.4 is 0 Å². The van der Waals surface area contributed by atoms with Crippen molar-refractivity contribution in [3.8, 4) is 0 Å². The summed E-state index contributed by atoms with van der Waals surface area (Å²) in [5.74, 6) is -0.277. The average Bonchev–Trinajstić information content (AvgIpc) is 2.53. The quantitative estimate of drug-likeness (QED) is 0.568. The molecule has 4 heteroatoms. The van der Waals surface area contributed by atoms with Gasteiger partial charge in [0.15, 0.2) is 0 Å². The van der Waals surface area contributed by atoms with Crippen LogP contribution in [0.15, 0.2) is 17.5 Å². The Kier molecular flexibility index (Phi) is 3.47. The van der Waals surface area contributed by atoms with Crippen LogP contribution in [0.25, 0.3) is 0 Å². The maximum absolute atomic E-state index is 11.0. The van der Waals surface area contributed by atoms with E-state index >= 15 is 0 Å². The SMILES string of the molecule is N=CCOC(=O)Cc1cccs1. The molecule has 0 aliphatic heterocycles. The monoisotopic (exact) mass is 183 g/mol. The highest BCUT2D eigenvalue weighted by atomic mass is 32.1. The first kappa shape index (κ1) is 8.93. The number of carbonyl (C=O) groups is 1. The van der Waals surface area contributed by atoms with Crippen molar-refractivity contribution in [3.05, 3.63) is 22.4 Å². The number of hydrogen-bond donors (Lipinski definition) is 1. The molecular weight excluding hydrogens is 174 g/mol. The second-order valence-electron chi connectivity index (χ2n) is 2.14. The van der Waals surface area contributed by atoms with Gasteiger partial charge in [0.05, 0.1) is 6.42 Å². The normalized spacial score (nSPS) is 9.33. The number of ether oxygens (including phenoxy) is 1. The van der Waals surface area contributed by atoms with E-state index < -0.39 is 0 Å². The molecule has 1 aromatic rings. The molecule has 0 saturated heterocycles. The molecule has 1 N–H and O–H groups in total. The fourth-order valence-corrected chi connectivity index (χ4v) is 1.43. The van der Waals surface area contributed by atoms with Gasteiger partial charge in [-0.15, -0.1) is 11.3 Å². The molecule has 3 nitrogen and oxygen atoms in total. The van der Waals surface area contributed by atoms with Crippen molar-refractivity contribution < 1.29 is 9.53 Å². The van der Waals surface area contributed by atoms with Gasteiger partial charge >= 0.3 is 5.97 Å². The van der Waals surface area contributed by atoms with Crippen molar-refractivity contribution in [2.24, 2.45) is 0 Å². The number of hydrogen-bond acceptors (Lipinski definition) is 4. The van der Waals surface area contributed by atoms with E-state index in [-0.39, 0.29) is 12.6 Å². The maximum Gasteiger partial charge on any atom is 0.311 e. The third-order valence-corrected chi connectivity index (χ3v) is 2.10. The second kappa shape index (κ2) is 4.66. The molecule has 12 heavy (non-hydrogen) atoms. The summed E-state index contributed by atoms with van der Waals surface area (Å²) in [5.41, 5.74) is 0. The van der Waals surface area contributed by atoms with Gasteiger partial charge in [-0.2, -0.15) is 0 Å². The van der Waals surface area contributed by atoms with Crippen LogP contribution in [-0.4, -0.2) is 18.8 Å². The highest BCUT2D eigenvalue weighted by Gasteiger charge is 2.03. The van der Waals surface area contributed by atoms with Gasteiger partial charge in [0, 0.05) is 11.1 Å². The van der Waals surface area contributed by atoms with E-state index in [0.29, 0.717) is 6.42 Å². The predicted octanol–water partition coefficient (Wildman–Crippen LogP) is 1.48. The number of carbonyl (C=O) groups excluding carboxylic acids is 1. The van der Waals surface area contributed by atoms with Crippen molar-refractivity contribution >= 4 is 23.5 Å². The molecule has 1 rings (SSSR count). The van der Waals surface area contributed by atoms with E-state index in [0.717, 1.165) is 11.1 Å². The Hall–Kier alpha value is -1.16. The summed E-state index contributed by atoms with van der Waals surface area (Å²) in [6, 6.07) is 3.78. The lowest BCUT2D eigenvalue weighted by atomic mass is 10.3. The molecule has 0 aliphatic rings. The van der Waals surface area contributed by atoms with E-state index in [1.54, 1.807) is 0 Å². The smallest absolute Gasteiger partial charge is 0.311 e. The molecule has 1 heterocycles. The Labute approximate surface area is 74.5 Å². The van der Waals surface area contributed by atoms with Gasteiger partial charge in [0.2, 0.25) is 0 Å². The van der Waals surface area contributed by atoms with Crippen LogP contribution in [0, 0.1) is 5.41 Å². The lowest BCUT2D eigenvalue weighted by Crippen LogP contribution is -2.08. The van der Waals surface area contributed by atoms with Crippen molar-refractivity contribution in [1.82, 2.24) is 0 Å². The molecule has 0 aromatic carbocycles. The fraction of sp³-hybridized carbons (Fsp3) is 0.250. The first-order chi connectivity index (χ1) is 5.83. The van der Waals surface area contributed by atoms with Gasteiger partial charge < -0.3 is 10.1 Å². The minimum absolute atomic E-state index is 0.0736. The van der Waals surface area contributed by atoms with Crippen LogP contribution in [0.1, 0.15) is 4.88 Å². The molecule has 0 aliphatic carbocycles. The summed E-state index contributed by atoms with van der Waals surface area (Å²) in [6.07, 6.45) is 1.37. The van der Waals surface area contributed by atoms with Crippen molar-refractivity contribution in [1.29, 1.82) is 5.41 Å². The zero-order valence-corrected chi connectivity index (χ0v) is 7.26. The first-order valence-electron chi connectivity index (χ1n) is 3.50. The lowest BCUT2D eigenvalue weighted by molar-refractivity contribution is -0.140. The maximum atomic E-state index is 11.0. The molecule has 0 saturated carbocycles. The van der Waals surface area contributed by atoms with Crippen molar-refractivity contribution in [2.45, 2.75) is 6.42 Å². The van der Waals surface area contributed by atoms with Gasteiger partial charge in [-0.3, -0.25) is 4.79 Å². The average molecular weight is 183 g/mol. The topological polar surface area (TPSA) is 50.1 Å². The molecule has 0 unspecified atom stereocenters. The summed E-state index contributed by atoms with van der Waals surface area (Å²) in [6.45, 7) is 0.0736. The number of thiophene rings is 1. The minimum Gasteiger partial charge on any atom is -0.460 e. The summed E-state index contributed by atoms with van der Waals surface area (Å²) in [4.78, 5) is 11.9. The van der Waals surface area contributed by atoms with Crippen molar-refractivity contribution in [3.63, 3.8) is 0 Å². The molecule has 0 bridgehead atoms. The first-order valence-corrected chi connectivity index (χ1v) is 4.38. The molecule has 0 atom stereocenters. The third-order valence-electron chi connectivity index (χ3n) is 1.23. The van der Waals surface area contributed by atoms with E-state index in [1.807, 2.05) is 17.5 Å². The van der Waals surface area contributed by atoms with Crippen LogP contribution in [-0.2, 0) is 16.0 Å². The second-order valence-corrected chi connectivity index (χ2v) is 3.18. The van der Waals surface area contributed by atoms with Crippen LogP contribution >= 0.6 is 11.3 Å². The summed E-state index contributed by atoms with van der Waals surface area (Å²) in [7, 11) is 0. The molecule has 0 spiro atoms. The van der Waals surface area contributed by atoms with Gasteiger partial charge in [0.25, 0.3) is 0 Å². The minimum atomic E-state index is -0.277. The Bertz CT molecular complexity index is 256. The largest absolute Gasteiger partial charge is 0.460 e. The van der Waals surface area contributed by atoms with Crippen LogP contribution in [0.3, 0.4) is 0 Å². The van der Waals surface area contributed by atoms with E-state index in [2.05, 4.69) is 4.74 Å². The van der Waals surface area contributed by atoms with Crippen LogP contribution in [0.5, 0.6) is 0 Å². The lowest BCUT2D eigenvalue weighted by Gasteiger charge is -1.97. The zero-order valence-electron chi connectivity index (χ0n) is 6.45. The molecule has 1 aromatic heterocycles. The number of nitrogens with one attached hydrogen (secondary N) is 1. The van der Waals surface area contributed by atoms with E-state index in [9.17, 15) is 4.79 Å². The van der Waals surface area contributed by atoms with Crippen LogP contribution in [0.2, 0.25) is 0 Å². The number of rotatable bonds is 4. The standard InChI is InChI=1S/C8H9NO2S/c9-3-4-11-8(10)6-7-2-1-5-12-7/h1-3,5,9H,4,6H2. The highest BCUT2D eigenvalue weighted by molar-refractivity contribution is 7.10. The van der Waals surface area contributed by atoms with E-state index in [4.69, 9.17) is 5.41 Å². The van der Waals surface area contributed by atoms with Gasteiger partial charge in [-0.05, 0) is 11.4 Å². The van der Waals surface area contributed by atoms with E-state index in [1.165, 1.54) is 11.3 Å². The highest BCUT2D eigenvalue weighted by Crippen LogP contribution is 2.09. The third kappa shape index (κ3) is 2.84. The van der Waals surface area contributed by atoms with Gasteiger partial charge in [-0.1, -0.05) is 6.07 Å². The summed E-state index contributed by atoms with van der Waals surface area (Å²) in [5, 5.41) is 8.56. The van der Waals surface area contributed by atoms with Crippen molar-refractivity contribution in [2.75, 3.05) is 6.61 Å². The Morgan fingerprint density at radius 2 is 2.58 bits per heavy atom. The summed E-state index contributed by atoms with van der Waals surface area (Å²) < 4.78 is 4.69. The fourth-order valence-electron chi connectivity index (χ4n) is 0.741. The molecule has 0 radical (unpaired) electrons. The Morgan fingerprint density at radius 1 is 1.75 bits per heavy atom. The van der Waals surface area contributed by atoms with Crippen LogP contribution in [0.4, 0.5) is 0 Å². The Morgan fingerprint density at radius 3 is 3.17 bits per heavy atom. The van der Waals surface area contributed by atoms with Gasteiger partial charge in [0.1, 0.15) is 6.61 Å². The molecule has 0 fully saturated rings. The number of esters is 1. The summed E-state index contributed by atoms with van der Waals surface area (Å²) >= 11 is 1.53. The Balaban J connectivity index is 2.32.